The van der Waals surface area contributed by atoms with Gasteiger partial charge in [-0.15, -0.1) is 0 Å². The lowest BCUT2D eigenvalue weighted by molar-refractivity contribution is 0.563. The molecule has 3 aromatic heterocycles. The number of halogens is 1. The highest BCUT2D eigenvalue weighted by Crippen LogP contribution is 2.36. The molecule has 1 atom stereocenters. The molecule has 0 amide bonds. The fourth-order valence-electron chi connectivity index (χ4n) is 3.15. The lowest BCUT2D eigenvalue weighted by Crippen LogP contribution is -2.14. The van der Waals surface area contributed by atoms with Crippen molar-refractivity contribution in [2.24, 2.45) is 7.05 Å². The van der Waals surface area contributed by atoms with Crippen LogP contribution in [-0.2, 0) is 13.5 Å². The Bertz CT molecular complexity index is 788. The minimum atomic E-state index is 0.286. The van der Waals surface area contributed by atoms with Crippen molar-refractivity contribution >= 4 is 17.1 Å². The van der Waals surface area contributed by atoms with Crippen LogP contribution in [0.25, 0.3) is 5.52 Å². The number of imidazole rings is 1. The van der Waals surface area contributed by atoms with Crippen LogP contribution >= 0.6 is 11.6 Å². The molecule has 0 aromatic carbocycles. The van der Waals surface area contributed by atoms with Crippen molar-refractivity contribution in [2.45, 2.75) is 25.2 Å². The van der Waals surface area contributed by atoms with Crippen molar-refractivity contribution in [2.75, 3.05) is 0 Å². The molecule has 0 saturated heterocycles. The van der Waals surface area contributed by atoms with Gasteiger partial charge in [0.25, 0.3) is 0 Å². The molecule has 0 saturated carbocycles. The van der Waals surface area contributed by atoms with Crippen molar-refractivity contribution in [1.29, 1.82) is 0 Å². The maximum Gasteiger partial charge on any atom is 0.154 e. The molecule has 0 aliphatic heterocycles. The molecule has 102 valence electrons. The molecule has 4 rings (SSSR count). The number of nitrogens with zero attached hydrogens (tertiary/aromatic N) is 5. The summed E-state index contributed by atoms with van der Waals surface area (Å²) >= 11 is 6.13. The largest absolute Gasteiger partial charge is 0.299 e. The highest BCUT2D eigenvalue weighted by molar-refractivity contribution is 6.32. The van der Waals surface area contributed by atoms with Gasteiger partial charge in [0.1, 0.15) is 11.3 Å². The van der Waals surface area contributed by atoms with Crippen LogP contribution in [0, 0.1) is 0 Å². The second-order valence-electron chi connectivity index (χ2n) is 5.20. The van der Waals surface area contributed by atoms with Crippen molar-refractivity contribution in [3.05, 3.63) is 47.0 Å². The van der Waals surface area contributed by atoms with E-state index in [2.05, 4.69) is 15.1 Å². The number of hydrogen-bond acceptors (Lipinski definition) is 3. The minimum absolute atomic E-state index is 0.286. The van der Waals surface area contributed by atoms with Crippen LogP contribution in [0.4, 0.5) is 0 Å². The molecule has 3 heterocycles. The van der Waals surface area contributed by atoms with Gasteiger partial charge in [-0.3, -0.25) is 9.08 Å². The molecule has 5 nitrogen and oxygen atoms in total. The summed E-state index contributed by atoms with van der Waals surface area (Å²) in [5.74, 6) is 1.31. The predicted octanol–water partition coefficient (Wildman–Crippen LogP) is 2.58. The Labute approximate surface area is 121 Å². The van der Waals surface area contributed by atoms with Crippen molar-refractivity contribution < 1.29 is 0 Å². The van der Waals surface area contributed by atoms with Crippen LogP contribution in [0.3, 0.4) is 0 Å². The minimum Gasteiger partial charge on any atom is -0.299 e. The first-order valence-electron chi connectivity index (χ1n) is 6.74. The van der Waals surface area contributed by atoms with Crippen LogP contribution < -0.4 is 0 Å². The van der Waals surface area contributed by atoms with E-state index in [-0.39, 0.29) is 5.92 Å². The summed E-state index contributed by atoms with van der Waals surface area (Å²) < 4.78 is 4.02. The molecule has 1 aliphatic carbocycles. The molecule has 1 unspecified atom stereocenters. The maximum atomic E-state index is 6.13. The molecule has 6 heteroatoms. The van der Waals surface area contributed by atoms with Gasteiger partial charge < -0.3 is 0 Å². The fourth-order valence-corrected chi connectivity index (χ4v) is 3.34. The summed E-state index contributed by atoms with van der Waals surface area (Å²) in [6.45, 7) is 0. The molecule has 20 heavy (non-hydrogen) atoms. The van der Waals surface area contributed by atoms with Crippen molar-refractivity contribution in [3.8, 4) is 0 Å². The molecule has 0 spiro atoms. The lowest BCUT2D eigenvalue weighted by Gasteiger charge is -2.21. The highest BCUT2D eigenvalue weighted by Gasteiger charge is 2.28. The Balaban J connectivity index is 1.90. The summed E-state index contributed by atoms with van der Waals surface area (Å²) in [6, 6.07) is 0. The van der Waals surface area contributed by atoms with E-state index in [0.717, 1.165) is 30.6 Å². The summed E-state index contributed by atoms with van der Waals surface area (Å²) in [6.07, 6.45) is 10.8. The van der Waals surface area contributed by atoms with Gasteiger partial charge in [0.15, 0.2) is 5.15 Å². The third-order valence-corrected chi connectivity index (χ3v) is 4.42. The SMILES string of the molecule is Cn1ncc2c1CCCC2c1ncc2c(Cl)nccn12. The summed E-state index contributed by atoms with van der Waals surface area (Å²) in [7, 11) is 2.01. The van der Waals surface area contributed by atoms with Crippen LogP contribution in [0.1, 0.15) is 35.8 Å². The highest BCUT2D eigenvalue weighted by atomic mass is 35.5. The molecule has 0 fully saturated rings. The normalized spacial score (nSPS) is 18.4. The Morgan fingerprint density at radius 2 is 2.20 bits per heavy atom. The van der Waals surface area contributed by atoms with Crippen LogP contribution in [0.5, 0.6) is 0 Å². The second kappa shape index (κ2) is 4.31. The first-order valence-corrected chi connectivity index (χ1v) is 7.11. The summed E-state index contributed by atoms with van der Waals surface area (Å²) in [4.78, 5) is 8.69. The van der Waals surface area contributed by atoms with E-state index in [9.17, 15) is 0 Å². The topological polar surface area (TPSA) is 48.0 Å². The van der Waals surface area contributed by atoms with Gasteiger partial charge in [0, 0.05) is 36.6 Å². The standard InChI is InChI=1S/C14H14ClN5/c1-19-11-4-2-3-9(10(11)7-18-19)14-17-8-12-13(15)16-5-6-20(12)14/h5-9H,2-4H2,1H3. The number of fused-ring (bicyclic) bond motifs is 2. The van der Waals surface area contributed by atoms with Crippen molar-refractivity contribution in [1.82, 2.24) is 24.1 Å². The first kappa shape index (κ1) is 11.9. The first-order chi connectivity index (χ1) is 9.75. The number of aromatic nitrogens is 5. The Hall–Kier alpha value is -1.88. The zero-order valence-electron chi connectivity index (χ0n) is 11.1. The Morgan fingerprint density at radius 1 is 1.30 bits per heavy atom. The van der Waals surface area contributed by atoms with E-state index in [1.54, 1.807) is 12.4 Å². The van der Waals surface area contributed by atoms with Crippen LogP contribution in [0.2, 0.25) is 5.15 Å². The third-order valence-electron chi connectivity index (χ3n) is 4.13. The maximum absolute atomic E-state index is 6.13. The molecule has 0 radical (unpaired) electrons. The monoisotopic (exact) mass is 287 g/mol. The number of hydrogen-bond donors (Lipinski definition) is 0. The lowest BCUT2D eigenvalue weighted by atomic mass is 9.86. The van der Waals surface area contributed by atoms with Crippen molar-refractivity contribution in [3.63, 3.8) is 0 Å². The number of aryl methyl sites for hydroxylation is 1. The van der Waals surface area contributed by atoms with E-state index < -0.39 is 0 Å². The van der Waals surface area contributed by atoms with Gasteiger partial charge >= 0.3 is 0 Å². The molecular formula is C14H14ClN5. The summed E-state index contributed by atoms with van der Waals surface area (Å²) in [5, 5.41) is 4.89. The van der Waals surface area contributed by atoms with E-state index in [4.69, 9.17) is 11.6 Å². The van der Waals surface area contributed by atoms with Crippen LogP contribution in [-0.4, -0.2) is 24.1 Å². The van der Waals surface area contributed by atoms with E-state index in [1.807, 2.05) is 28.5 Å². The van der Waals surface area contributed by atoms with Gasteiger partial charge in [-0.05, 0) is 19.3 Å². The zero-order chi connectivity index (χ0) is 13.7. The average molecular weight is 288 g/mol. The summed E-state index contributed by atoms with van der Waals surface area (Å²) in [5.41, 5.74) is 3.47. The predicted molar refractivity (Wildman–Crippen MR) is 76.0 cm³/mol. The van der Waals surface area contributed by atoms with Gasteiger partial charge in [-0.1, -0.05) is 11.6 Å². The fraction of sp³-hybridized carbons (Fsp3) is 0.357. The van der Waals surface area contributed by atoms with Gasteiger partial charge in [0.05, 0.1) is 12.4 Å². The second-order valence-corrected chi connectivity index (χ2v) is 5.56. The third kappa shape index (κ3) is 1.59. The van der Waals surface area contributed by atoms with Gasteiger partial charge in [-0.2, -0.15) is 5.10 Å². The quantitative estimate of drug-likeness (QED) is 0.691. The molecule has 1 aliphatic rings. The van der Waals surface area contributed by atoms with E-state index in [0.29, 0.717) is 5.15 Å². The van der Waals surface area contributed by atoms with Gasteiger partial charge in [-0.25, -0.2) is 9.97 Å². The zero-order valence-corrected chi connectivity index (χ0v) is 11.9. The van der Waals surface area contributed by atoms with E-state index in [1.165, 1.54) is 11.3 Å². The average Bonchev–Trinajstić information content (AvgIpc) is 3.04. The van der Waals surface area contributed by atoms with Gasteiger partial charge in [0.2, 0.25) is 0 Å². The Morgan fingerprint density at radius 3 is 3.10 bits per heavy atom. The smallest absolute Gasteiger partial charge is 0.154 e. The number of rotatable bonds is 1. The molecule has 0 N–H and O–H groups in total. The van der Waals surface area contributed by atoms with E-state index >= 15 is 0 Å². The molecule has 3 aromatic rings. The Kier molecular flexibility index (Phi) is 2.57. The molecule has 0 bridgehead atoms. The molecular weight excluding hydrogens is 274 g/mol. The van der Waals surface area contributed by atoms with Crippen LogP contribution in [0.15, 0.2) is 24.8 Å².